The van der Waals surface area contributed by atoms with E-state index in [1.165, 1.54) is 0 Å². The summed E-state index contributed by atoms with van der Waals surface area (Å²) in [4.78, 5) is 0. The zero-order valence-electron chi connectivity index (χ0n) is 11.6. The maximum Gasteiger partial charge on any atom is 0.157 e. The zero-order chi connectivity index (χ0) is 13.9. The van der Waals surface area contributed by atoms with Crippen molar-refractivity contribution < 1.29 is 20.1 Å². The minimum absolute atomic E-state index is 0.0678. The first-order chi connectivity index (χ1) is 8.83. The Morgan fingerprint density at radius 2 is 2.05 bits per heavy atom. The second-order valence-electron chi connectivity index (χ2n) is 6.89. The van der Waals surface area contributed by atoms with Crippen molar-refractivity contribution in [2.45, 2.75) is 57.2 Å². The van der Waals surface area contributed by atoms with E-state index in [1.54, 1.807) is 0 Å². The van der Waals surface area contributed by atoms with Gasteiger partial charge in [0.05, 0.1) is 17.8 Å². The maximum atomic E-state index is 10.7. The molecule has 0 aromatic carbocycles. The molecule has 4 heteroatoms. The predicted molar refractivity (Wildman–Crippen MR) is 70.1 cm³/mol. The second kappa shape index (κ2) is 4.29. The van der Waals surface area contributed by atoms with E-state index in [0.717, 1.165) is 18.4 Å². The highest BCUT2D eigenvalue weighted by Gasteiger charge is 2.59. The molecule has 0 aromatic heterocycles. The molecule has 8 atom stereocenters. The van der Waals surface area contributed by atoms with Gasteiger partial charge in [-0.15, -0.1) is 0 Å². The highest BCUT2D eigenvalue weighted by molar-refractivity contribution is 5.18. The molecule has 0 radical (unpaired) electrons. The molecule has 0 amide bonds. The van der Waals surface area contributed by atoms with E-state index in [2.05, 4.69) is 6.58 Å². The van der Waals surface area contributed by atoms with Crippen molar-refractivity contribution in [3.05, 3.63) is 12.2 Å². The van der Waals surface area contributed by atoms with Gasteiger partial charge in [0.25, 0.3) is 0 Å². The van der Waals surface area contributed by atoms with Gasteiger partial charge in [0.1, 0.15) is 0 Å². The summed E-state index contributed by atoms with van der Waals surface area (Å²) in [5.74, 6) is -0.104. The number of hydrogen-bond donors (Lipinski definition) is 3. The molecule has 1 aliphatic heterocycles. The van der Waals surface area contributed by atoms with Gasteiger partial charge in [-0.05, 0) is 32.1 Å². The molecule has 3 fully saturated rings. The lowest BCUT2D eigenvalue weighted by molar-refractivity contribution is -0.145. The lowest BCUT2D eigenvalue weighted by atomic mass is 9.76. The summed E-state index contributed by atoms with van der Waals surface area (Å²) in [7, 11) is 0. The topological polar surface area (TPSA) is 69.9 Å². The molecule has 1 saturated heterocycles. The number of fused-ring (bicyclic) bond motifs is 3. The van der Waals surface area contributed by atoms with Crippen LogP contribution >= 0.6 is 0 Å². The Hall–Kier alpha value is -0.420. The van der Waals surface area contributed by atoms with Crippen molar-refractivity contribution in [3.63, 3.8) is 0 Å². The quantitative estimate of drug-likeness (QED) is 0.574. The van der Waals surface area contributed by atoms with Crippen molar-refractivity contribution in [2.24, 2.45) is 23.7 Å². The molecule has 2 aliphatic carbocycles. The van der Waals surface area contributed by atoms with Crippen molar-refractivity contribution in [1.29, 1.82) is 0 Å². The van der Waals surface area contributed by atoms with Crippen LogP contribution in [0.15, 0.2) is 12.2 Å². The fraction of sp³-hybridized carbons (Fsp3) is 0.867. The number of hydrogen-bond acceptors (Lipinski definition) is 4. The van der Waals surface area contributed by atoms with Crippen LogP contribution in [0.2, 0.25) is 0 Å². The summed E-state index contributed by atoms with van der Waals surface area (Å²) >= 11 is 0. The van der Waals surface area contributed by atoms with Crippen LogP contribution < -0.4 is 0 Å². The molecular weight excluding hydrogens is 244 g/mol. The molecule has 3 rings (SSSR count). The van der Waals surface area contributed by atoms with Gasteiger partial charge in [0.15, 0.2) is 6.29 Å². The number of aliphatic hydroxyl groups is 3. The number of aliphatic hydroxyl groups excluding tert-OH is 2. The third-order valence-electron chi connectivity index (χ3n) is 5.64. The van der Waals surface area contributed by atoms with Crippen LogP contribution in [-0.2, 0) is 4.74 Å². The summed E-state index contributed by atoms with van der Waals surface area (Å²) in [6.45, 7) is 7.87. The van der Waals surface area contributed by atoms with Gasteiger partial charge in [-0.25, -0.2) is 0 Å². The van der Waals surface area contributed by atoms with Crippen LogP contribution in [0.1, 0.15) is 33.1 Å². The first kappa shape index (κ1) is 13.6. The molecule has 108 valence electrons. The van der Waals surface area contributed by atoms with E-state index in [4.69, 9.17) is 4.74 Å². The monoisotopic (exact) mass is 268 g/mol. The summed E-state index contributed by atoms with van der Waals surface area (Å²) < 4.78 is 5.72. The Labute approximate surface area is 114 Å². The van der Waals surface area contributed by atoms with E-state index >= 15 is 0 Å². The molecule has 4 nitrogen and oxygen atoms in total. The number of ether oxygens (including phenoxy) is 1. The Morgan fingerprint density at radius 1 is 1.37 bits per heavy atom. The average molecular weight is 268 g/mol. The SMILES string of the molecule is C=C1C[C@H](O)[C@H]2C(C)C(O)O[C@@H]2[C@@H]2[C@H]1CC[C@]2(C)O. The van der Waals surface area contributed by atoms with Crippen LogP contribution in [0.25, 0.3) is 0 Å². The molecule has 2 saturated carbocycles. The molecule has 1 heterocycles. The van der Waals surface area contributed by atoms with E-state index in [0.29, 0.717) is 6.42 Å². The Kier molecular flexibility index (Phi) is 3.06. The summed E-state index contributed by atoms with van der Waals surface area (Å²) in [5, 5.41) is 31.0. The van der Waals surface area contributed by atoms with Crippen LogP contribution in [0.5, 0.6) is 0 Å². The lowest BCUT2D eigenvalue weighted by Gasteiger charge is -2.35. The molecule has 2 unspecified atom stereocenters. The third-order valence-corrected chi connectivity index (χ3v) is 5.64. The highest BCUT2D eigenvalue weighted by Crippen LogP contribution is 2.54. The molecule has 0 bridgehead atoms. The van der Waals surface area contributed by atoms with Gasteiger partial charge in [0, 0.05) is 17.8 Å². The molecule has 3 N–H and O–H groups in total. The summed E-state index contributed by atoms with van der Waals surface area (Å²) in [6, 6.07) is 0. The van der Waals surface area contributed by atoms with E-state index < -0.39 is 18.0 Å². The van der Waals surface area contributed by atoms with Gasteiger partial charge in [0.2, 0.25) is 0 Å². The van der Waals surface area contributed by atoms with Gasteiger partial charge < -0.3 is 20.1 Å². The summed E-state index contributed by atoms with van der Waals surface area (Å²) in [6.07, 6.45) is 0.522. The fourth-order valence-corrected chi connectivity index (χ4v) is 4.58. The van der Waals surface area contributed by atoms with E-state index in [1.807, 2.05) is 13.8 Å². The minimum Gasteiger partial charge on any atom is -0.392 e. The van der Waals surface area contributed by atoms with Crippen LogP contribution in [0, 0.1) is 23.7 Å². The first-order valence-electron chi connectivity index (χ1n) is 7.24. The van der Waals surface area contributed by atoms with E-state index in [-0.39, 0.29) is 29.8 Å². The predicted octanol–water partition coefficient (Wildman–Crippen LogP) is 1.05. The standard InChI is InChI=1S/C15H24O4/c1-7-6-10(16)11-8(2)14(17)19-13(11)12-9(7)4-5-15(12,3)18/h8-14,16-18H,1,4-6H2,2-3H3/t8?,9-,10-,11+,12-,13-,14?,15-/m0/s1. The third kappa shape index (κ3) is 1.88. The van der Waals surface area contributed by atoms with Gasteiger partial charge in [-0.3, -0.25) is 0 Å². The Morgan fingerprint density at radius 3 is 2.74 bits per heavy atom. The molecule has 3 aliphatic rings. The van der Waals surface area contributed by atoms with Crippen LogP contribution in [-0.4, -0.2) is 39.4 Å². The fourth-order valence-electron chi connectivity index (χ4n) is 4.58. The Balaban J connectivity index is 2.01. The normalized spacial score (nSPS) is 57.7. The maximum absolute atomic E-state index is 10.7. The van der Waals surface area contributed by atoms with Crippen molar-refractivity contribution in [3.8, 4) is 0 Å². The average Bonchev–Trinajstić information content (AvgIpc) is 2.72. The molecule has 0 spiro atoms. The van der Waals surface area contributed by atoms with Gasteiger partial charge in [-0.1, -0.05) is 19.1 Å². The molecular formula is C15H24O4. The molecule has 19 heavy (non-hydrogen) atoms. The van der Waals surface area contributed by atoms with Gasteiger partial charge in [-0.2, -0.15) is 0 Å². The lowest BCUT2D eigenvalue weighted by Crippen LogP contribution is -2.44. The highest BCUT2D eigenvalue weighted by atomic mass is 16.6. The van der Waals surface area contributed by atoms with E-state index in [9.17, 15) is 15.3 Å². The van der Waals surface area contributed by atoms with Crippen LogP contribution in [0.4, 0.5) is 0 Å². The first-order valence-corrected chi connectivity index (χ1v) is 7.24. The smallest absolute Gasteiger partial charge is 0.157 e. The van der Waals surface area contributed by atoms with Gasteiger partial charge >= 0.3 is 0 Å². The zero-order valence-corrected chi connectivity index (χ0v) is 11.6. The van der Waals surface area contributed by atoms with Crippen molar-refractivity contribution in [2.75, 3.05) is 0 Å². The second-order valence-corrected chi connectivity index (χ2v) is 6.89. The van der Waals surface area contributed by atoms with Crippen LogP contribution in [0.3, 0.4) is 0 Å². The number of rotatable bonds is 0. The largest absolute Gasteiger partial charge is 0.392 e. The summed E-state index contributed by atoms with van der Waals surface area (Å²) in [5.41, 5.74) is 0.222. The molecule has 0 aromatic rings. The Bertz CT molecular complexity index is 392. The van der Waals surface area contributed by atoms with Crippen molar-refractivity contribution >= 4 is 0 Å². The van der Waals surface area contributed by atoms with Crippen molar-refractivity contribution in [1.82, 2.24) is 0 Å². The minimum atomic E-state index is -0.840.